The van der Waals surface area contributed by atoms with E-state index in [-0.39, 0.29) is 5.82 Å². The monoisotopic (exact) mass is 196 g/mol. The standard InChI is InChI=1S/C11H15F.C2H6/c1-8(2)9(3)10-4-6-11(12)7-5-10;1-2/h4-9H,1-3H3;1-2H3. The molecule has 14 heavy (non-hydrogen) atoms. The molecule has 0 bridgehead atoms. The minimum absolute atomic E-state index is 0.158. The summed E-state index contributed by atoms with van der Waals surface area (Å²) in [5.41, 5.74) is 1.21. The van der Waals surface area contributed by atoms with Gasteiger partial charge in [-0.05, 0) is 29.5 Å². The van der Waals surface area contributed by atoms with E-state index in [1.165, 1.54) is 17.7 Å². The quantitative estimate of drug-likeness (QED) is 0.648. The van der Waals surface area contributed by atoms with Crippen molar-refractivity contribution in [3.05, 3.63) is 35.6 Å². The molecule has 0 aliphatic heterocycles. The van der Waals surface area contributed by atoms with Crippen molar-refractivity contribution in [1.29, 1.82) is 0 Å². The lowest BCUT2D eigenvalue weighted by Crippen LogP contribution is -2.01. The summed E-state index contributed by atoms with van der Waals surface area (Å²) in [5.74, 6) is 0.954. The van der Waals surface area contributed by atoms with Gasteiger partial charge in [0.2, 0.25) is 0 Å². The van der Waals surface area contributed by atoms with Crippen LogP contribution in [0.15, 0.2) is 24.3 Å². The fourth-order valence-corrected chi connectivity index (χ4v) is 1.15. The highest BCUT2D eigenvalue weighted by molar-refractivity contribution is 5.20. The molecule has 0 spiro atoms. The van der Waals surface area contributed by atoms with Crippen LogP contribution in [0.25, 0.3) is 0 Å². The van der Waals surface area contributed by atoms with Gasteiger partial charge in [-0.1, -0.05) is 46.8 Å². The van der Waals surface area contributed by atoms with Crippen molar-refractivity contribution in [2.24, 2.45) is 5.92 Å². The molecule has 0 aliphatic carbocycles. The molecule has 0 N–H and O–H groups in total. The van der Waals surface area contributed by atoms with Gasteiger partial charge >= 0.3 is 0 Å². The van der Waals surface area contributed by atoms with Gasteiger partial charge in [0.25, 0.3) is 0 Å². The number of halogens is 1. The van der Waals surface area contributed by atoms with Crippen molar-refractivity contribution >= 4 is 0 Å². The van der Waals surface area contributed by atoms with E-state index in [9.17, 15) is 4.39 Å². The highest BCUT2D eigenvalue weighted by Gasteiger charge is 2.08. The molecule has 0 fully saturated rings. The second-order valence-electron chi connectivity index (χ2n) is 3.58. The van der Waals surface area contributed by atoms with Gasteiger partial charge in [-0.15, -0.1) is 0 Å². The average molecular weight is 196 g/mol. The topological polar surface area (TPSA) is 0 Å². The molecule has 80 valence electrons. The Kier molecular flexibility index (Phi) is 6.18. The molecule has 1 rings (SSSR count). The van der Waals surface area contributed by atoms with E-state index in [1.807, 2.05) is 26.0 Å². The zero-order valence-electron chi connectivity index (χ0n) is 9.84. The number of benzene rings is 1. The lowest BCUT2D eigenvalue weighted by Gasteiger charge is -2.15. The summed E-state index contributed by atoms with van der Waals surface area (Å²) in [5, 5.41) is 0. The average Bonchev–Trinajstić information content (AvgIpc) is 2.21. The molecule has 1 unspecified atom stereocenters. The molecule has 0 saturated carbocycles. The van der Waals surface area contributed by atoms with Gasteiger partial charge in [-0.2, -0.15) is 0 Å². The van der Waals surface area contributed by atoms with Crippen molar-refractivity contribution in [1.82, 2.24) is 0 Å². The van der Waals surface area contributed by atoms with Crippen molar-refractivity contribution in [3.63, 3.8) is 0 Å². The molecule has 0 saturated heterocycles. The first-order chi connectivity index (χ1) is 6.61. The van der Waals surface area contributed by atoms with Gasteiger partial charge in [0, 0.05) is 0 Å². The summed E-state index contributed by atoms with van der Waals surface area (Å²) >= 11 is 0. The van der Waals surface area contributed by atoms with E-state index in [0.717, 1.165) is 0 Å². The molecule has 1 aromatic rings. The third-order valence-corrected chi connectivity index (χ3v) is 2.40. The molecule has 0 aliphatic rings. The second kappa shape index (κ2) is 6.58. The molecule has 0 nitrogen and oxygen atoms in total. The van der Waals surface area contributed by atoms with Crippen LogP contribution in [0.5, 0.6) is 0 Å². The molecule has 0 heterocycles. The Labute approximate surface area is 87.2 Å². The first-order valence-corrected chi connectivity index (χ1v) is 5.36. The smallest absolute Gasteiger partial charge is 0.123 e. The van der Waals surface area contributed by atoms with Crippen LogP contribution in [0.2, 0.25) is 0 Å². The SMILES string of the molecule is CC.CC(C)C(C)c1ccc(F)cc1. The molecular weight excluding hydrogens is 175 g/mol. The zero-order valence-corrected chi connectivity index (χ0v) is 9.84. The molecule has 1 atom stereocenters. The molecule has 0 amide bonds. The summed E-state index contributed by atoms with van der Waals surface area (Å²) < 4.78 is 12.6. The van der Waals surface area contributed by atoms with Gasteiger partial charge < -0.3 is 0 Å². The maximum absolute atomic E-state index is 12.6. The van der Waals surface area contributed by atoms with Crippen LogP contribution >= 0.6 is 0 Å². The first-order valence-electron chi connectivity index (χ1n) is 5.36. The zero-order chi connectivity index (χ0) is 11.1. The third-order valence-electron chi connectivity index (χ3n) is 2.40. The molecule has 1 heteroatoms. The van der Waals surface area contributed by atoms with Crippen LogP contribution in [0.4, 0.5) is 4.39 Å². The Balaban J connectivity index is 0.000000791. The highest BCUT2D eigenvalue weighted by atomic mass is 19.1. The number of hydrogen-bond acceptors (Lipinski definition) is 0. The largest absolute Gasteiger partial charge is 0.207 e. The lowest BCUT2D eigenvalue weighted by molar-refractivity contribution is 0.533. The Bertz CT molecular complexity index is 236. The summed E-state index contributed by atoms with van der Waals surface area (Å²) in [7, 11) is 0. The maximum atomic E-state index is 12.6. The Morgan fingerprint density at radius 2 is 1.36 bits per heavy atom. The Morgan fingerprint density at radius 3 is 1.71 bits per heavy atom. The van der Waals surface area contributed by atoms with Gasteiger partial charge in [0.05, 0.1) is 0 Å². The van der Waals surface area contributed by atoms with Gasteiger partial charge in [0.1, 0.15) is 5.82 Å². The fraction of sp³-hybridized carbons (Fsp3) is 0.538. The van der Waals surface area contributed by atoms with Crippen LogP contribution in [0.3, 0.4) is 0 Å². The summed E-state index contributed by atoms with van der Waals surface area (Å²) in [6, 6.07) is 6.77. The van der Waals surface area contributed by atoms with Crippen molar-refractivity contribution in [2.75, 3.05) is 0 Å². The van der Waals surface area contributed by atoms with Crippen LogP contribution < -0.4 is 0 Å². The maximum Gasteiger partial charge on any atom is 0.123 e. The first kappa shape index (κ1) is 13.2. The van der Waals surface area contributed by atoms with Crippen LogP contribution in [0, 0.1) is 11.7 Å². The van der Waals surface area contributed by atoms with Crippen molar-refractivity contribution in [2.45, 2.75) is 40.5 Å². The normalized spacial score (nSPS) is 11.9. The summed E-state index contributed by atoms with van der Waals surface area (Å²) in [6.07, 6.45) is 0. The molecule has 0 aromatic heterocycles. The molecule has 1 aromatic carbocycles. The lowest BCUT2D eigenvalue weighted by atomic mass is 9.90. The van der Waals surface area contributed by atoms with E-state index in [2.05, 4.69) is 20.8 Å². The summed E-state index contributed by atoms with van der Waals surface area (Å²) in [6.45, 7) is 10.5. The fourth-order valence-electron chi connectivity index (χ4n) is 1.15. The Hall–Kier alpha value is -0.850. The minimum atomic E-state index is -0.158. The van der Waals surface area contributed by atoms with Gasteiger partial charge in [-0.25, -0.2) is 4.39 Å². The van der Waals surface area contributed by atoms with Crippen LogP contribution in [-0.4, -0.2) is 0 Å². The van der Waals surface area contributed by atoms with Crippen molar-refractivity contribution < 1.29 is 4.39 Å². The summed E-state index contributed by atoms with van der Waals surface area (Å²) in [4.78, 5) is 0. The van der Waals surface area contributed by atoms with Gasteiger partial charge in [-0.3, -0.25) is 0 Å². The van der Waals surface area contributed by atoms with Crippen molar-refractivity contribution in [3.8, 4) is 0 Å². The van der Waals surface area contributed by atoms with E-state index >= 15 is 0 Å². The minimum Gasteiger partial charge on any atom is -0.207 e. The number of rotatable bonds is 2. The number of hydrogen-bond donors (Lipinski definition) is 0. The second-order valence-corrected chi connectivity index (χ2v) is 3.58. The third kappa shape index (κ3) is 3.91. The van der Waals surface area contributed by atoms with Crippen LogP contribution in [0.1, 0.15) is 46.1 Å². The van der Waals surface area contributed by atoms with E-state index in [0.29, 0.717) is 11.8 Å². The van der Waals surface area contributed by atoms with E-state index < -0.39 is 0 Å². The highest BCUT2D eigenvalue weighted by Crippen LogP contribution is 2.23. The predicted octanol–water partition coefficient (Wildman–Crippen LogP) is 4.61. The van der Waals surface area contributed by atoms with Crippen LogP contribution in [-0.2, 0) is 0 Å². The van der Waals surface area contributed by atoms with Gasteiger partial charge in [0.15, 0.2) is 0 Å². The molecule has 0 radical (unpaired) electrons. The van der Waals surface area contributed by atoms with E-state index in [4.69, 9.17) is 0 Å². The Morgan fingerprint density at radius 1 is 0.929 bits per heavy atom. The van der Waals surface area contributed by atoms with E-state index in [1.54, 1.807) is 0 Å². The predicted molar refractivity (Wildman–Crippen MR) is 61.0 cm³/mol. The molecular formula is C13H21F.